The van der Waals surface area contributed by atoms with Gasteiger partial charge >= 0.3 is 0 Å². The topological polar surface area (TPSA) is 3.24 Å². The van der Waals surface area contributed by atoms with Gasteiger partial charge in [-0.1, -0.05) is 46.3 Å². The molecule has 0 amide bonds. The van der Waals surface area contributed by atoms with Crippen LogP contribution in [0.1, 0.15) is 61.8 Å². The van der Waals surface area contributed by atoms with Gasteiger partial charge in [-0.25, -0.2) is 0 Å². The molecular weight excluding hydrogens is 254 g/mol. The number of rotatable bonds is 6. The average Bonchev–Trinajstić information content (AvgIpc) is 2.39. The molecule has 1 aliphatic heterocycles. The van der Waals surface area contributed by atoms with Crippen molar-refractivity contribution in [1.29, 1.82) is 0 Å². The molecule has 0 fully saturated rings. The van der Waals surface area contributed by atoms with E-state index >= 15 is 0 Å². The van der Waals surface area contributed by atoms with Crippen molar-refractivity contribution in [2.45, 2.75) is 67.9 Å². The molecule has 0 bridgehead atoms. The second-order valence-electron chi connectivity index (χ2n) is 7.62. The Kier molecular flexibility index (Phi) is 6.77. The van der Waals surface area contributed by atoms with Crippen molar-refractivity contribution in [2.75, 3.05) is 6.54 Å². The minimum absolute atomic E-state index is 0.601. The van der Waals surface area contributed by atoms with E-state index in [-0.39, 0.29) is 0 Å². The molecule has 0 saturated heterocycles. The van der Waals surface area contributed by atoms with Crippen molar-refractivity contribution in [1.82, 2.24) is 4.90 Å². The smallest absolute Gasteiger partial charge is 0.0392 e. The summed E-state index contributed by atoms with van der Waals surface area (Å²) in [6, 6.07) is 0.601. The maximum absolute atomic E-state index is 2.46. The van der Waals surface area contributed by atoms with E-state index < -0.39 is 0 Å². The minimum Gasteiger partial charge on any atom is -0.370 e. The van der Waals surface area contributed by atoms with Crippen LogP contribution in [0.2, 0.25) is 0 Å². The summed E-state index contributed by atoms with van der Waals surface area (Å²) in [5.41, 5.74) is 4.40. The molecular formula is C20H35N. The van der Waals surface area contributed by atoms with E-state index in [1.54, 1.807) is 0 Å². The molecule has 0 radical (unpaired) electrons. The maximum Gasteiger partial charge on any atom is 0.0392 e. The van der Waals surface area contributed by atoms with Crippen LogP contribution >= 0.6 is 0 Å². The van der Waals surface area contributed by atoms with Crippen molar-refractivity contribution >= 4 is 0 Å². The normalized spacial score (nSPS) is 19.7. The van der Waals surface area contributed by atoms with E-state index in [1.807, 2.05) is 0 Å². The van der Waals surface area contributed by atoms with E-state index in [0.29, 0.717) is 12.0 Å². The summed E-state index contributed by atoms with van der Waals surface area (Å²) in [6.07, 6.45) is 8.17. The van der Waals surface area contributed by atoms with Gasteiger partial charge in [-0.3, -0.25) is 0 Å². The Bertz CT molecular complexity index is 423. The maximum atomic E-state index is 2.46. The minimum atomic E-state index is 0.601. The van der Waals surface area contributed by atoms with Gasteiger partial charge in [-0.15, -0.1) is 0 Å². The Morgan fingerprint density at radius 3 is 2.24 bits per heavy atom. The third kappa shape index (κ3) is 5.37. The molecule has 1 aliphatic rings. The van der Waals surface area contributed by atoms with Crippen LogP contribution in [0, 0.1) is 17.8 Å². The van der Waals surface area contributed by atoms with Crippen LogP contribution in [-0.2, 0) is 0 Å². The molecule has 0 aliphatic carbocycles. The Balaban J connectivity index is 2.73. The zero-order valence-corrected chi connectivity index (χ0v) is 15.4. The highest BCUT2D eigenvalue weighted by atomic mass is 15.1. The Morgan fingerprint density at radius 1 is 1.14 bits per heavy atom. The predicted octanol–water partition coefficient (Wildman–Crippen LogP) is 5.81. The molecule has 1 heterocycles. The SMILES string of the molecule is CC1=C(/C=C(\C)CC(C)C(C)C)C=CN(C(C)C(C)C)C1. The first kappa shape index (κ1) is 18.1. The number of hydrogen-bond donors (Lipinski definition) is 0. The second-order valence-corrected chi connectivity index (χ2v) is 7.62. The lowest BCUT2D eigenvalue weighted by Crippen LogP contribution is -2.35. The molecule has 0 spiro atoms. The molecule has 0 saturated carbocycles. The first-order valence-electron chi connectivity index (χ1n) is 8.53. The fourth-order valence-electron chi connectivity index (χ4n) is 2.64. The first-order chi connectivity index (χ1) is 9.72. The lowest BCUT2D eigenvalue weighted by Gasteiger charge is -2.33. The summed E-state index contributed by atoms with van der Waals surface area (Å²) >= 11 is 0. The molecule has 2 unspecified atom stereocenters. The molecule has 1 nitrogen and oxygen atoms in total. The average molecular weight is 290 g/mol. The Hall–Kier alpha value is -0.980. The van der Waals surface area contributed by atoms with Crippen LogP contribution in [0.3, 0.4) is 0 Å². The van der Waals surface area contributed by atoms with E-state index in [1.165, 1.54) is 23.1 Å². The molecule has 0 aromatic carbocycles. The summed E-state index contributed by atoms with van der Waals surface area (Å²) < 4.78 is 0. The second kappa shape index (κ2) is 7.87. The van der Waals surface area contributed by atoms with Gasteiger partial charge in [0.05, 0.1) is 0 Å². The van der Waals surface area contributed by atoms with Crippen LogP contribution in [-0.4, -0.2) is 17.5 Å². The molecule has 0 aromatic heterocycles. The fraction of sp³-hybridized carbons (Fsp3) is 0.700. The largest absolute Gasteiger partial charge is 0.370 e. The van der Waals surface area contributed by atoms with Gasteiger partial charge in [-0.05, 0) is 62.2 Å². The van der Waals surface area contributed by atoms with Gasteiger partial charge in [0.2, 0.25) is 0 Å². The number of nitrogens with zero attached hydrogens (tertiary/aromatic N) is 1. The van der Waals surface area contributed by atoms with Crippen molar-refractivity contribution < 1.29 is 0 Å². The molecule has 21 heavy (non-hydrogen) atoms. The summed E-state index contributed by atoms with van der Waals surface area (Å²) in [5.74, 6) is 2.20. The van der Waals surface area contributed by atoms with Crippen molar-refractivity contribution in [3.05, 3.63) is 35.1 Å². The van der Waals surface area contributed by atoms with Crippen LogP contribution in [0.15, 0.2) is 35.1 Å². The molecule has 1 rings (SSSR count). The van der Waals surface area contributed by atoms with Crippen LogP contribution in [0.5, 0.6) is 0 Å². The van der Waals surface area contributed by atoms with Gasteiger partial charge in [0.15, 0.2) is 0 Å². The van der Waals surface area contributed by atoms with Gasteiger partial charge in [0.25, 0.3) is 0 Å². The lowest BCUT2D eigenvalue weighted by atomic mass is 9.90. The van der Waals surface area contributed by atoms with Gasteiger partial charge in [-0.2, -0.15) is 0 Å². The third-order valence-electron chi connectivity index (χ3n) is 5.03. The van der Waals surface area contributed by atoms with Gasteiger partial charge < -0.3 is 4.90 Å². The lowest BCUT2D eigenvalue weighted by molar-refractivity contribution is 0.250. The van der Waals surface area contributed by atoms with E-state index in [0.717, 1.165) is 18.4 Å². The number of allylic oxidation sites excluding steroid dienone is 4. The molecule has 2 atom stereocenters. The Labute approximate surface area is 132 Å². The highest BCUT2D eigenvalue weighted by Crippen LogP contribution is 2.24. The zero-order chi connectivity index (χ0) is 16.2. The van der Waals surface area contributed by atoms with Crippen molar-refractivity contribution in [3.8, 4) is 0 Å². The van der Waals surface area contributed by atoms with Gasteiger partial charge in [0, 0.05) is 18.8 Å². The molecule has 1 heteroatoms. The summed E-state index contributed by atoms with van der Waals surface area (Å²) in [6.45, 7) is 19.5. The van der Waals surface area contributed by atoms with Crippen LogP contribution in [0.25, 0.3) is 0 Å². The highest BCUT2D eigenvalue weighted by Gasteiger charge is 2.17. The Morgan fingerprint density at radius 2 is 1.76 bits per heavy atom. The molecule has 0 N–H and O–H groups in total. The summed E-state index contributed by atoms with van der Waals surface area (Å²) in [5, 5.41) is 0. The van der Waals surface area contributed by atoms with Crippen molar-refractivity contribution in [3.63, 3.8) is 0 Å². The first-order valence-corrected chi connectivity index (χ1v) is 8.53. The highest BCUT2D eigenvalue weighted by molar-refractivity contribution is 5.39. The quantitative estimate of drug-likeness (QED) is 0.597. The predicted molar refractivity (Wildman–Crippen MR) is 95.2 cm³/mol. The van der Waals surface area contributed by atoms with Crippen LogP contribution < -0.4 is 0 Å². The van der Waals surface area contributed by atoms with Crippen LogP contribution in [0.4, 0.5) is 0 Å². The third-order valence-corrected chi connectivity index (χ3v) is 5.03. The fourth-order valence-corrected chi connectivity index (χ4v) is 2.64. The van der Waals surface area contributed by atoms with E-state index in [4.69, 9.17) is 0 Å². The molecule has 0 aromatic rings. The van der Waals surface area contributed by atoms with Gasteiger partial charge in [0.1, 0.15) is 0 Å². The monoisotopic (exact) mass is 289 g/mol. The van der Waals surface area contributed by atoms with E-state index in [9.17, 15) is 0 Å². The zero-order valence-electron chi connectivity index (χ0n) is 15.4. The standard InChI is InChI=1S/C20H35N/c1-14(2)17(6)11-16(5)12-20-9-10-21(13-18(20)7)19(8)15(3)4/h9-10,12,14-15,17,19H,11,13H2,1-8H3/b16-12+. The summed E-state index contributed by atoms with van der Waals surface area (Å²) in [4.78, 5) is 2.46. The summed E-state index contributed by atoms with van der Waals surface area (Å²) in [7, 11) is 0. The number of hydrogen-bond acceptors (Lipinski definition) is 1. The van der Waals surface area contributed by atoms with E-state index in [2.05, 4.69) is 78.6 Å². The molecule has 120 valence electrons. The van der Waals surface area contributed by atoms with Crippen molar-refractivity contribution in [2.24, 2.45) is 17.8 Å².